The molecule has 0 spiro atoms. The van der Waals surface area contributed by atoms with E-state index in [0.29, 0.717) is 10.0 Å². The van der Waals surface area contributed by atoms with Crippen molar-refractivity contribution in [3.05, 3.63) is 33.8 Å². The summed E-state index contributed by atoms with van der Waals surface area (Å²) < 4.78 is 0. The van der Waals surface area contributed by atoms with Gasteiger partial charge in [-0.1, -0.05) is 56.1 Å². The molecule has 0 bridgehead atoms. The largest absolute Gasteiger partial charge is 0.122 e. The zero-order chi connectivity index (χ0) is 13.1. The molecule has 0 aliphatic heterocycles. The van der Waals surface area contributed by atoms with Crippen molar-refractivity contribution in [1.82, 2.24) is 0 Å². The van der Waals surface area contributed by atoms with Gasteiger partial charge in [-0.15, -0.1) is 11.6 Å². The van der Waals surface area contributed by atoms with E-state index in [1.807, 2.05) is 18.2 Å². The lowest BCUT2D eigenvalue weighted by molar-refractivity contribution is 0.369. The molecular weight excluding hydrogens is 275 g/mol. The fourth-order valence-electron chi connectivity index (χ4n) is 1.65. The molecule has 0 nitrogen and oxygen atoms in total. The first-order chi connectivity index (χ1) is 7.82. The third-order valence-electron chi connectivity index (χ3n) is 2.87. The van der Waals surface area contributed by atoms with E-state index in [1.165, 1.54) is 0 Å². The summed E-state index contributed by atoms with van der Waals surface area (Å²) in [4.78, 5) is 0. The van der Waals surface area contributed by atoms with Gasteiger partial charge in [-0.25, -0.2) is 0 Å². The molecule has 96 valence electrons. The van der Waals surface area contributed by atoms with Gasteiger partial charge in [0.25, 0.3) is 0 Å². The van der Waals surface area contributed by atoms with Gasteiger partial charge in [0.05, 0.1) is 10.0 Å². The maximum atomic E-state index is 6.34. The van der Waals surface area contributed by atoms with E-state index in [0.717, 1.165) is 24.8 Å². The summed E-state index contributed by atoms with van der Waals surface area (Å²) in [6.07, 6.45) is 2.96. The van der Waals surface area contributed by atoms with Crippen LogP contribution in [0.15, 0.2) is 18.2 Å². The number of hydrogen-bond acceptors (Lipinski definition) is 0. The number of rotatable bonds is 4. The lowest BCUT2D eigenvalue weighted by Gasteiger charge is -2.25. The summed E-state index contributed by atoms with van der Waals surface area (Å²) in [5, 5.41) is 1.50. The van der Waals surface area contributed by atoms with Crippen molar-refractivity contribution in [2.75, 3.05) is 0 Å². The predicted molar refractivity (Wildman–Crippen MR) is 78.5 cm³/mol. The topological polar surface area (TPSA) is 0 Å². The second kappa shape index (κ2) is 6.31. The van der Waals surface area contributed by atoms with E-state index in [9.17, 15) is 0 Å². The predicted octanol–water partition coefficient (Wildman–Crippen LogP) is 5.97. The summed E-state index contributed by atoms with van der Waals surface area (Å²) in [5.74, 6) is 0. The minimum Gasteiger partial charge on any atom is -0.122 e. The maximum Gasteiger partial charge on any atom is 0.0624 e. The van der Waals surface area contributed by atoms with E-state index in [4.69, 9.17) is 34.8 Å². The average Bonchev–Trinajstić information content (AvgIpc) is 2.22. The highest BCUT2D eigenvalue weighted by Crippen LogP contribution is 2.30. The minimum atomic E-state index is 0.152. The molecule has 1 rings (SSSR count). The molecule has 0 amide bonds. The van der Waals surface area contributed by atoms with Crippen LogP contribution < -0.4 is 0 Å². The van der Waals surface area contributed by atoms with Crippen LogP contribution in [0.5, 0.6) is 0 Å². The highest BCUT2D eigenvalue weighted by Gasteiger charge is 2.21. The molecule has 0 fully saturated rings. The molecule has 1 unspecified atom stereocenters. The Hall–Kier alpha value is 0.0900. The van der Waals surface area contributed by atoms with Crippen LogP contribution in [0, 0.1) is 5.41 Å². The van der Waals surface area contributed by atoms with Crippen LogP contribution in [0.25, 0.3) is 0 Å². The van der Waals surface area contributed by atoms with E-state index in [-0.39, 0.29) is 10.8 Å². The Morgan fingerprint density at radius 1 is 1.18 bits per heavy atom. The van der Waals surface area contributed by atoms with Crippen LogP contribution in [0.3, 0.4) is 0 Å². The Kier molecular flexibility index (Phi) is 5.63. The number of alkyl halides is 1. The van der Waals surface area contributed by atoms with Crippen molar-refractivity contribution in [1.29, 1.82) is 0 Å². The fraction of sp³-hybridized carbons (Fsp3) is 0.571. The SMILES string of the molecule is CC(C)(C)C(Cl)CCCc1cccc(Cl)c1Cl. The molecule has 0 radical (unpaired) electrons. The molecule has 0 aliphatic carbocycles. The Balaban J connectivity index is 2.49. The van der Waals surface area contributed by atoms with Gasteiger partial charge in [-0.3, -0.25) is 0 Å². The highest BCUT2D eigenvalue weighted by atomic mass is 35.5. The lowest BCUT2D eigenvalue weighted by atomic mass is 9.88. The maximum absolute atomic E-state index is 6.34. The Bertz CT molecular complexity index is 366. The molecule has 1 aromatic carbocycles. The first kappa shape index (κ1) is 15.1. The second-order valence-corrected chi connectivity index (χ2v) is 6.75. The van der Waals surface area contributed by atoms with Crippen molar-refractivity contribution in [2.45, 2.75) is 45.4 Å². The van der Waals surface area contributed by atoms with E-state index >= 15 is 0 Å². The summed E-state index contributed by atoms with van der Waals surface area (Å²) in [5.41, 5.74) is 1.26. The van der Waals surface area contributed by atoms with Crippen LogP contribution in [0.1, 0.15) is 39.2 Å². The third-order valence-corrected chi connectivity index (χ3v) is 4.61. The van der Waals surface area contributed by atoms with Gasteiger partial charge >= 0.3 is 0 Å². The monoisotopic (exact) mass is 292 g/mol. The van der Waals surface area contributed by atoms with Crippen LogP contribution in [0.2, 0.25) is 10.0 Å². The van der Waals surface area contributed by atoms with Crippen LogP contribution in [0.4, 0.5) is 0 Å². The average molecular weight is 294 g/mol. The van der Waals surface area contributed by atoms with Crippen molar-refractivity contribution < 1.29 is 0 Å². The third kappa shape index (κ3) is 4.69. The van der Waals surface area contributed by atoms with Gasteiger partial charge in [0.2, 0.25) is 0 Å². The lowest BCUT2D eigenvalue weighted by Crippen LogP contribution is -2.20. The Morgan fingerprint density at radius 2 is 1.82 bits per heavy atom. The molecule has 0 aromatic heterocycles. The van der Waals surface area contributed by atoms with Crippen LogP contribution >= 0.6 is 34.8 Å². The first-order valence-electron chi connectivity index (χ1n) is 5.89. The number of benzene rings is 1. The minimum absolute atomic E-state index is 0.152. The molecule has 1 atom stereocenters. The molecule has 0 saturated heterocycles. The quantitative estimate of drug-likeness (QED) is 0.600. The first-order valence-corrected chi connectivity index (χ1v) is 7.08. The van der Waals surface area contributed by atoms with Crippen molar-refractivity contribution in [3.63, 3.8) is 0 Å². The molecule has 0 N–H and O–H groups in total. The molecule has 3 heteroatoms. The van der Waals surface area contributed by atoms with Gasteiger partial charge < -0.3 is 0 Å². The van der Waals surface area contributed by atoms with E-state index in [2.05, 4.69) is 20.8 Å². The standard InChI is InChI=1S/C14H19Cl3/c1-14(2,3)12(16)9-5-7-10-6-4-8-11(15)13(10)17/h4,6,8,12H,5,7,9H2,1-3H3. The number of halogens is 3. The summed E-state index contributed by atoms with van der Waals surface area (Å²) in [6.45, 7) is 6.49. The second-order valence-electron chi connectivity index (χ2n) is 5.44. The molecule has 17 heavy (non-hydrogen) atoms. The molecule has 0 heterocycles. The summed E-state index contributed by atoms with van der Waals surface area (Å²) >= 11 is 18.4. The smallest absolute Gasteiger partial charge is 0.0624 e. The van der Waals surface area contributed by atoms with Crippen LogP contribution in [-0.2, 0) is 6.42 Å². The Morgan fingerprint density at radius 3 is 2.41 bits per heavy atom. The van der Waals surface area contributed by atoms with Gasteiger partial charge in [-0.05, 0) is 36.3 Å². The van der Waals surface area contributed by atoms with Crippen molar-refractivity contribution in [2.24, 2.45) is 5.41 Å². The number of aryl methyl sites for hydroxylation is 1. The zero-order valence-electron chi connectivity index (χ0n) is 10.6. The highest BCUT2D eigenvalue weighted by molar-refractivity contribution is 6.42. The van der Waals surface area contributed by atoms with Crippen LogP contribution in [-0.4, -0.2) is 5.38 Å². The van der Waals surface area contributed by atoms with Crippen molar-refractivity contribution >= 4 is 34.8 Å². The van der Waals surface area contributed by atoms with E-state index < -0.39 is 0 Å². The fourth-order valence-corrected chi connectivity index (χ4v) is 2.22. The van der Waals surface area contributed by atoms with Gasteiger partial charge in [0.1, 0.15) is 0 Å². The van der Waals surface area contributed by atoms with Gasteiger partial charge in [0.15, 0.2) is 0 Å². The molecular formula is C14H19Cl3. The van der Waals surface area contributed by atoms with Gasteiger partial charge in [-0.2, -0.15) is 0 Å². The number of hydrogen-bond donors (Lipinski definition) is 0. The van der Waals surface area contributed by atoms with Crippen molar-refractivity contribution in [3.8, 4) is 0 Å². The zero-order valence-corrected chi connectivity index (χ0v) is 12.8. The summed E-state index contributed by atoms with van der Waals surface area (Å²) in [6, 6.07) is 5.77. The molecule has 0 saturated carbocycles. The Labute approximate surface area is 119 Å². The normalized spacial score (nSPS) is 13.8. The summed E-state index contributed by atoms with van der Waals surface area (Å²) in [7, 11) is 0. The van der Waals surface area contributed by atoms with E-state index in [1.54, 1.807) is 0 Å². The molecule has 1 aromatic rings. The van der Waals surface area contributed by atoms with Gasteiger partial charge in [0, 0.05) is 5.38 Å². The molecule has 0 aliphatic rings.